The Bertz CT molecular complexity index is 275. The third-order valence-corrected chi connectivity index (χ3v) is 2.92. The summed E-state index contributed by atoms with van der Waals surface area (Å²) < 4.78 is 8.91. The van der Waals surface area contributed by atoms with Crippen LogP contribution in [0, 0.1) is 11.8 Å². The van der Waals surface area contributed by atoms with Crippen molar-refractivity contribution in [1.29, 1.82) is 0 Å². The topological polar surface area (TPSA) is 69.7 Å². The molecule has 0 bridgehead atoms. The van der Waals surface area contributed by atoms with Gasteiger partial charge in [0.15, 0.2) is 5.78 Å². The van der Waals surface area contributed by atoms with Crippen LogP contribution in [0.15, 0.2) is 0 Å². The normalized spacial score (nSPS) is 16.2. The van der Waals surface area contributed by atoms with Gasteiger partial charge in [-0.25, -0.2) is 0 Å². The molecule has 0 spiro atoms. The van der Waals surface area contributed by atoms with Gasteiger partial charge in [-0.15, -0.1) is 0 Å². The van der Waals surface area contributed by atoms with E-state index in [-0.39, 0.29) is 11.7 Å². The van der Waals surface area contributed by atoms with E-state index in [2.05, 4.69) is 9.47 Å². The Hall–Kier alpha value is -1.39. The first-order valence-electron chi connectivity index (χ1n) is 5.31. The van der Waals surface area contributed by atoms with E-state index in [0.29, 0.717) is 0 Å². The van der Waals surface area contributed by atoms with E-state index in [4.69, 9.17) is 0 Å². The second-order valence-corrected chi connectivity index (χ2v) is 3.86. The van der Waals surface area contributed by atoms with E-state index in [1.54, 1.807) is 0 Å². The van der Waals surface area contributed by atoms with Crippen LogP contribution in [0.3, 0.4) is 0 Å². The molecule has 1 fully saturated rings. The maximum atomic E-state index is 11.9. The lowest BCUT2D eigenvalue weighted by Gasteiger charge is -2.15. The van der Waals surface area contributed by atoms with Gasteiger partial charge in [-0.2, -0.15) is 0 Å². The Morgan fingerprint density at radius 2 is 1.44 bits per heavy atom. The minimum absolute atomic E-state index is 0.205. The maximum Gasteiger partial charge on any atom is 0.327 e. The summed E-state index contributed by atoms with van der Waals surface area (Å²) in [4.78, 5) is 34.7. The van der Waals surface area contributed by atoms with Crippen LogP contribution in [0.25, 0.3) is 0 Å². The molecule has 0 heterocycles. The molecule has 1 rings (SSSR count). The predicted molar refractivity (Wildman–Crippen MR) is 54.5 cm³/mol. The average Bonchev–Trinajstić information content (AvgIpc) is 2.81. The number of esters is 2. The summed E-state index contributed by atoms with van der Waals surface area (Å²) >= 11 is 0. The highest BCUT2D eigenvalue weighted by Gasteiger charge is 2.40. The number of hydrogen-bond donors (Lipinski definition) is 0. The molecule has 0 aromatic carbocycles. The lowest BCUT2D eigenvalue weighted by molar-refractivity contribution is -0.162. The molecule has 0 amide bonds. The molecule has 0 aromatic heterocycles. The highest BCUT2D eigenvalue weighted by molar-refractivity contribution is 6.15. The van der Waals surface area contributed by atoms with Crippen molar-refractivity contribution in [2.75, 3.05) is 14.2 Å². The third kappa shape index (κ3) is 2.59. The third-order valence-electron chi connectivity index (χ3n) is 2.92. The van der Waals surface area contributed by atoms with Gasteiger partial charge in [-0.1, -0.05) is 12.8 Å². The molecule has 5 nitrogen and oxygen atoms in total. The molecule has 90 valence electrons. The van der Waals surface area contributed by atoms with Gasteiger partial charge in [-0.3, -0.25) is 14.4 Å². The largest absolute Gasteiger partial charge is 0.468 e. The van der Waals surface area contributed by atoms with Crippen molar-refractivity contribution in [2.45, 2.75) is 25.7 Å². The maximum absolute atomic E-state index is 11.9. The number of ketones is 1. The Labute approximate surface area is 94.1 Å². The molecule has 16 heavy (non-hydrogen) atoms. The second kappa shape index (κ2) is 5.63. The summed E-state index contributed by atoms with van der Waals surface area (Å²) in [6, 6.07) is 0. The predicted octanol–water partition coefficient (Wildman–Crippen LogP) is 0.708. The quantitative estimate of drug-likeness (QED) is 0.523. The van der Waals surface area contributed by atoms with Crippen molar-refractivity contribution in [3.05, 3.63) is 0 Å². The molecule has 1 saturated carbocycles. The molecular formula is C11H16O5. The molecule has 1 aliphatic carbocycles. The molecule has 0 aliphatic heterocycles. The zero-order chi connectivity index (χ0) is 12.1. The number of carbonyl (C=O) groups is 3. The fourth-order valence-corrected chi connectivity index (χ4v) is 2.01. The molecule has 0 saturated heterocycles. The van der Waals surface area contributed by atoms with Gasteiger partial charge in [0.1, 0.15) is 0 Å². The van der Waals surface area contributed by atoms with Gasteiger partial charge in [-0.05, 0) is 12.8 Å². The van der Waals surface area contributed by atoms with Crippen LogP contribution in [0.5, 0.6) is 0 Å². The summed E-state index contributed by atoms with van der Waals surface area (Å²) in [5.74, 6) is -3.63. The van der Waals surface area contributed by atoms with Crippen LogP contribution in [0.1, 0.15) is 25.7 Å². The van der Waals surface area contributed by atoms with Gasteiger partial charge < -0.3 is 9.47 Å². The van der Waals surface area contributed by atoms with E-state index >= 15 is 0 Å². The minimum Gasteiger partial charge on any atom is -0.468 e. The first kappa shape index (κ1) is 12.7. The van der Waals surface area contributed by atoms with Gasteiger partial charge in [0.2, 0.25) is 5.92 Å². The Morgan fingerprint density at radius 3 is 1.81 bits per heavy atom. The first-order chi connectivity index (χ1) is 7.61. The minimum atomic E-state index is -1.40. The van der Waals surface area contributed by atoms with E-state index in [9.17, 15) is 14.4 Å². The lowest BCUT2D eigenvalue weighted by Crippen LogP contribution is -2.36. The number of ether oxygens (including phenoxy) is 2. The van der Waals surface area contributed by atoms with Crippen molar-refractivity contribution < 1.29 is 23.9 Å². The summed E-state index contributed by atoms with van der Waals surface area (Å²) in [5, 5.41) is 0. The van der Waals surface area contributed by atoms with Crippen molar-refractivity contribution in [1.82, 2.24) is 0 Å². The highest BCUT2D eigenvalue weighted by Crippen LogP contribution is 2.28. The van der Waals surface area contributed by atoms with E-state index in [1.807, 2.05) is 0 Å². The Kier molecular flexibility index (Phi) is 4.46. The van der Waals surface area contributed by atoms with Crippen molar-refractivity contribution in [3.63, 3.8) is 0 Å². The van der Waals surface area contributed by atoms with Crippen molar-refractivity contribution >= 4 is 17.7 Å². The van der Waals surface area contributed by atoms with E-state index in [0.717, 1.165) is 39.9 Å². The van der Waals surface area contributed by atoms with Crippen molar-refractivity contribution in [2.24, 2.45) is 11.8 Å². The van der Waals surface area contributed by atoms with Crippen LogP contribution >= 0.6 is 0 Å². The standard InChI is InChI=1S/C11H16O5/c1-15-10(13)8(11(14)16-2)9(12)7-5-3-4-6-7/h7-8H,3-6H2,1-2H3. The second-order valence-electron chi connectivity index (χ2n) is 3.86. The monoisotopic (exact) mass is 228 g/mol. The molecular weight excluding hydrogens is 212 g/mol. The summed E-state index contributed by atoms with van der Waals surface area (Å²) in [6.45, 7) is 0. The number of carbonyl (C=O) groups excluding carboxylic acids is 3. The van der Waals surface area contributed by atoms with Gasteiger partial charge in [0.25, 0.3) is 0 Å². The first-order valence-corrected chi connectivity index (χ1v) is 5.31. The molecule has 5 heteroatoms. The van der Waals surface area contributed by atoms with E-state index in [1.165, 1.54) is 0 Å². The fraction of sp³-hybridized carbons (Fsp3) is 0.727. The van der Waals surface area contributed by atoms with Crippen LogP contribution < -0.4 is 0 Å². The average molecular weight is 228 g/mol. The van der Waals surface area contributed by atoms with Crippen molar-refractivity contribution in [3.8, 4) is 0 Å². The van der Waals surface area contributed by atoms with Crippen LogP contribution in [-0.2, 0) is 23.9 Å². The van der Waals surface area contributed by atoms with Gasteiger partial charge >= 0.3 is 11.9 Å². The zero-order valence-corrected chi connectivity index (χ0v) is 9.52. The van der Waals surface area contributed by atoms with Gasteiger partial charge in [0, 0.05) is 5.92 Å². The van der Waals surface area contributed by atoms with Crippen LogP contribution in [-0.4, -0.2) is 31.9 Å². The zero-order valence-electron chi connectivity index (χ0n) is 9.52. The fourth-order valence-electron chi connectivity index (χ4n) is 2.01. The summed E-state index contributed by atoms with van der Waals surface area (Å²) in [7, 11) is 2.31. The van der Waals surface area contributed by atoms with Crippen LogP contribution in [0.4, 0.5) is 0 Å². The summed E-state index contributed by atoms with van der Waals surface area (Å²) in [5.41, 5.74) is 0. The Morgan fingerprint density at radius 1 is 1.00 bits per heavy atom. The molecule has 0 radical (unpaired) electrons. The smallest absolute Gasteiger partial charge is 0.327 e. The molecule has 0 unspecified atom stereocenters. The summed E-state index contributed by atoms with van der Waals surface area (Å²) in [6.07, 6.45) is 3.41. The number of hydrogen-bond acceptors (Lipinski definition) is 5. The van der Waals surface area contributed by atoms with Crippen LogP contribution in [0.2, 0.25) is 0 Å². The lowest BCUT2D eigenvalue weighted by atomic mass is 9.91. The molecule has 0 aromatic rings. The van der Waals surface area contributed by atoms with Gasteiger partial charge in [0.05, 0.1) is 14.2 Å². The SMILES string of the molecule is COC(=O)C(C(=O)OC)C(=O)C1CCCC1. The number of methoxy groups -OCH3 is 2. The highest BCUT2D eigenvalue weighted by atomic mass is 16.5. The number of rotatable bonds is 4. The van der Waals surface area contributed by atoms with E-state index < -0.39 is 17.9 Å². The Balaban J connectivity index is 2.78. The molecule has 0 atom stereocenters. The molecule has 0 N–H and O–H groups in total. The number of Topliss-reactive ketones (excluding diaryl/α,β-unsaturated/α-hetero) is 1. The molecule has 1 aliphatic rings.